The van der Waals surface area contributed by atoms with Crippen LogP contribution in [0.25, 0.3) is 0 Å². The number of hydrogen-bond donors (Lipinski definition) is 3. The number of hydrogen-bond acceptors (Lipinski definition) is 2. The fraction of sp³-hybridized carbons (Fsp3) is 0.440. The lowest BCUT2D eigenvalue weighted by atomic mass is 9.49. The maximum Gasteiger partial charge on any atom is 0.323 e. The molecule has 4 aliphatic carbocycles. The Balaban J connectivity index is 1.19. The first-order valence-electron chi connectivity index (χ1n) is 11.1. The van der Waals surface area contributed by atoms with Crippen molar-refractivity contribution in [3.05, 3.63) is 60.2 Å². The van der Waals surface area contributed by atoms with Gasteiger partial charge in [-0.1, -0.05) is 46.3 Å². The zero-order chi connectivity index (χ0) is 21.5. The predicted molar refractivity (Wildman–Crippen MR) is 126 cm³/mol. The summed E-state index contributed by atoms with van der Waals surface area (Å²) >= 11 is 3.99. The van der Waals surface area contributed by atoms with Crippen molar-refractivity contribution in [3.63, 3.8) is 0 Å². The number of carbonyl (C=O) groups is 2. The van der Waals surface area contributed by atoms with Crippen molar-refractivity contribution in [2.75, 3.05) is 10.6 Å². The molecule has 4 saturated carbocycles. The highest BCUT2D eigenvalue weighted by Gasteiger charge is 2.59. The van der Waals surface area contributed by atoms with Crippen molar-refractivity contribution in [1.82, 2.24) is 5.32 Å². The van der Waals surface area contributed by atoms with Gasteiger partial charge in [0.05, 0.1) is 5.41 Å². The minimum Gasteiger partial charge on any atom is -0.352 e. The number of rotatable bonds is 5. The molecule has 0 aliphatic heterocycles. The Labute approximate surface area is 191 Å². The Kier molecular flexibility index (Phi) is 5.29. The molecule has 0 unspecified atom stereocenters. The van der Waals surface area contributed by atoms with E-state index in [1.807, 2.05) is 54.6 Å². The van der Waals surface area contributed by atoms with Crippen LogP contribution in [-0.2, 0) is 11.3 Å². The minimum absolute atomic E-state index is 0.171. The van der Waals surface area contributed by atoms with Crippen LogP contribution in [0.4, 0.5) is 16.2 Å². The average molecular weight is 482 g/mol. The van der Waals surface area contributed by atoms with Gasteiger partial charge in [0.15, 0.2) is 0 Å². The van der Waals surface area contributed by atoms with Crippen molar-refractivity contribution in [3.8, 4) is 0 Å². The van der Waals surface area contributed by atoms with Crippen LogP contribution >= 0.6 is 15.9 Å². The van der Waals surface area contributed by atoms with Gasteiger partial charge in [-0.25, -0.2) is 4.79 Å². The maximum atomic E-state index is 13.3. The summed E-state index contributed by atoms with van der Waals surface area (Å²) in [4.78, 5) is 25.5. The molecule has 4 bridgehead atoms. The quantitative estimate of drug-likeness (QED) is 0.480. The first-order chi connectivity index (χ1) is 14.9. The van der Waals surface area contributed by atoms with Gasteiger partial charge in [-0.05, 0) is 80.2 Å². The molecule has 31 heavy (non-hydrogen) atoms. The van der Waals surface area contributed by atoms with Gasteiger partial charge < -0.3 is 16.0 Å². The van der Waals surface area contributed by atoms with Crippen molar-refractivity contribution < 1.29 is 9.59 Å². The van der Waals surface area contributed by atoms with Gasteiger partial charge in [0.1, 0.15) is 0 Å². The Morgan fingerprint density at radius 3 is 2.29 bits per heavy atom. The molecule has 0 aromatic heterocycles. The zero-order valence-electron chi connectivity index (χ0n) is 17.5. The standard InChI is InChI=1S/C25H28BrN3O2/c26-25-13-18-9-19(14-25)12-24(11-18,16-25)22(30)27-15-17-5-4-8-21(10-17)29-23(31)28-20-6-2-1-3-7-20/h1-8,10,18-19H,9,11-16H2,(H,27,30)(H2,28,29,31)/t18-,19-,24?,25?/m1/s1. The smallest absolute Gasteiger partial charge is 0.323 e. The largest absolute Gasteiger partial charge is 0.352 e. The molecule has 5 nitrogen and oxygen atoms in total. The lowest BCUT2D eigenvalue weighted by molar-refractivity contribution is -0.144. The highest BCUT2D eigenvalue weighted by Crippen LogP contribution is 2.64. The lowest BCUT2D eigenvalue weighted by Crippen LogP contribution is -2.58. The SMILES string of the molecule is O=C(Nc1ccccc1)Nc1cccc(CNC(=O)C23C[C@H]4C[C@@H](CC(Br)(C4)C2)C3)c1. The third-order valence-electron chi connectivity index (χ3n) is 7.14. The number of halogens is 1. The highest BCUT2D eigenvalue weighted by molar-refractivity contribution is 9.10. The summed E-state index contributed by atoms with van der Waals surface area (Å²) in [5, 5.41) is 8.88. The van der Waals surface area contributed by atoms with Crippen LogP contribution in [-0.4, -0.2) is 16.3 Å². The van der Waals surface area contributed by atoms with E-state index >= 15 is 0 Å². The summed E-state index contributed by atoms with van der Waals surface area (Å²) in [7, 11) is 0. The van der Waals surface area contributed by atoms with E-state index < -0.39 is 0 Å². The van der Waals surface area contributed by atoms with Gasteiger partial charge in [0.25, 0.3) is 0 Å². The molecular formula is C25H28BrN3O2. The van der Waals surface area contributed by atoms with E-state index in [0.717, 1.165) is 30.5 Å². The summed E-state index contributed by atoms with van der Waals surface area (Å²) in [5.41, 5.74) is 2.21. The van der Waals surface area contributed by atoms with Crippen LogP contribution < -0.4 is 16.0 Å². The second kappa shape index (κ2) is 7.97. The molecular weight excluding hydrogens is 454 g/mol. The fourth-order valence-corrected chi connectivity index (χ4v) is 7.81. The predicted octanol–water partition coefficient (Wildman–Crippen LogP) is 5.68. The average Bonchev–Trinajstić information content (AvgIpc) is 2.71. The van der Waals surface area contributed by atoms with Crippen LogP contribution in [0.3, 0.4) is 0 Å². The van der Waals surface area contributed by atoms with Crippen LogP contribution in [0, 0.1) is 17.3 Å². The lowest BCUT2D eigenvalue weighted by Gasteiger charge is -2.59. The number of nitrogens with one attached hydrogen (secondary N) is 3. The van der Waals surface area contributed by atoms with Gasteiger partial charge >= 0.3 is 6.03 Å². The third kappa shape index (κ3) is 4.36. The zero-order valence-corrected chi connectivity index (χ0v) is 19.1. The molecule has 2 atom stereocenters. The van der Waals surface area contributed by atoms with Crippen molar-refractivity contribution >= 4 is 39.2 Å². The number of alkyl halides is 1. The van der Waals surface area contributed by atoms with E-state index in [1.165, 1.54) is 19.3 Å². The Bertz CT molecular complexity index is 979. The Morgan fingerprint density at radius 2 is 1.58 bits per heavy atom. The highest BCUT2D eigenvalue weighted by atomic mass is 79.9. The first-order valence-corrected chi connectivity index (χ1v) is 11.9. The molecule has 6 heteroatoms. The molecule has 0 spiro atoms. The second-order valence-electron chi connectivity index (χ2n) is 9.72. The van der Waals surface area contributed by atoms with E-state index in [2.05, 4.69) is 31.9 Å². The second-order valence-corrected chi connectivity index (χ2v) is 11.4. The third-order valence-corrected chi connectivity index (χ3v) is 8.07. The van der Waals surface area contributed by atoms with Crippen LogP contribution in [0.1, 0.15) is 44.1 Å². The van der Waals surface area contributed by atoms with E-state index in [1.54, 1.807) is 0 Å². The summed E-state index contributed by atoms with van der Waals surface area (Å²) in [6, 6.07) is 16.7. The van der Waals surface area contributed by atoms with E-state index in [9.17, 15) is 9.59 Å². The Morgan fingerprint density at radius 1 is 0.903 bits per heavy atom. The summed E-state index contributed by atoms with van der Waals surface area (Å²) in [6.07, 6.45) is 6.75. The molecule has 3 amide bonds. The molecule has 162 valence electrons. The van der Waals surface area contributed by atoms with Crippen molar-refractivity contribution in [2.45, 2.75) is 49.4 Å². The van der Waals surface area contributed by atoms with Gasteiger partial charge in [-0.3, -0.25) is 4.79 Å². The van der Waals surface area contributed by atoms with Crippen LogP contribution in [0.5, 0.6) is 0 Å². The van der Waals surface area contributed by atoms with Crippen LogP contribution in [0.2, 0.25) is 0 Å². The normalized spacial score (nSPS) is 30.6. The van der Waals surface area contributed by atoms with Crippen LogP contribution in [0.15, 0.2) is 54.6 Å². The van der Waals surface area contributed by atoms with E-state index in [-0.39, 0.29) is 21.7 Å². The number of urea groups is 1. The number of carbonyl (C=O) groups excluding carboxylic acids is 2. The minimum atomic E-state index is -0.288. The fourth-order valence-electron chi connectivity index (χ4n) is 6.36. The molecule has 2 aromatic rings. The first kappa shape index (κ1) is 20.6. The number of anilines is 2. The van der Waals surface area contributed by atoms with Gasteiger partial charge in [-0.15, -0.1) is 0 Å². The molecule has 6 rings (SSSR count). The summed E-state index contributed by atoms with van der Waals surface area (Å²) < 4.78 is 0.171. The molecule has 4 fully saturated rings. The van der Waals surface area contributed by atoms with E-state index in [4.69, 9.17) is 0 Å². The van der Waals surface area contributed by atoms with Gasteiger partial charge in [-0.2, -0.15) is 0 Å². The number of benzene rings is 2. The maximum absolute atomic E-state index is 13.3. The van der Waals surface area contributed by atoms with E-state index in [0.29, 0.717) is 24.1 Å². The molecule has 3 N–H and O–H groups in total. The topological polar surface area (TPSA) is 70.2 Å². The van der Waals surface area contributed by atoms with Gasteiger partial charge in [0, 0.05) is 22.2 Å². The molecule has 0 radical (unpaired) electrons. The Hall–Kier alpha value is -2.34. The summed E-state index contributed by atoms with van der Waals surface area (Å²) in [5.74, 6) is 1.56. The number of para-hydroxylation sites is 1. The van der Waals surface area contributed by atoms with Crippen molar-refractivity contribution in [1.29, 1.82) is 0 Å². The molecule has 4 aliphatic rings. The van der Waals surface area contributed by atoms with Gasteiger partial charge in [0.2, 0.25) is 5.91 Å². The molecule has 2 aromatic carbocycles. The number of amides is 3. The molecule has 0 saturated heterocycles. The summed E-state index contributed by atoms with van der Waals surface area (Å²) in [6.45, 7) is 0.473. The molecule has 0 heterocycles. The van der Waals surface area contributed by atoms with Crippen molar-refractivity contribution in [2.24, 2.45) is 17.3 Å². The monoisotopic (exact) mass is 481 g/mol.